The molecule has 1 amide bonds. The van der Waals surface area contributed by atoms with E-state index in [1.165, 1.54) is 5.56 Å². The Hall–Kier alpha value is -2.95. The number of benzene rings is 2. The lowest BCUT2D eigenvalue weighted by atomic mass is 10.0. The van der Waals surface area contributed by atoms with E-state index < -0.39 is 0 Å². The predicted molar refractivity (Wildman–Crippen MR) is 110 cm³/mol. The van der Waals surface area contributed by atoms with Crippen LogP contribution in [0.15, 0.2) is 48.5 Å². The number of hydrogen-bond acceptors (Lipinski definition) is 4. The van der Waals surface area contributed by atoms with Gasteiger partial charge in [0, 0.05) is 30.3 Å². The van der Waals surface area contributed by atoms with Crippen molar-refractivity contribution in [2.75, 3.05) is 27.9 Å². The van der Waals surface area contributed by atoms with Gasteiger partial charge in [0.15, 0.2) is 11.5 Å². The van der Waals surface area contributed by atoms with Crippen LogP contribution in [0.3, 0.4) is 0 Å². The van der Waals surface area contributed by atoms with E-state index in [1.54, 1.807) is 39.5 Å². The minimum atomic E-state index is 0.0234. The summed E-state index contributed by atoms with van der Waals surface area (Å²) in [5.41, 5.74) is 2.03. The van der Waals surface area contributed by atoms with Gasteiger partial charge in [-0.25, -0.2) is 0 Å². The lowest BCUT2D eigenvalue weighted by molar-refractivity contribution is -0.126. The third-order valence-electron chi connectivity index (χ3n) is 5.12. The van der Waals surface area contributed by atoms with E-state index in [0.717, 1.165) is 31.4 Å². The Balaban J connectivity index is 1.75. The molecule has 1 unspecified atom stereocenters. The number of likely N-dealkylation sites (tertiary alicyclic amines) is 1. The highest BCUT2D eigenvalue weighted by Gasteiger charge is 2.27. The van der Waals surface area contributed by atoms with Gasteiger partial charge in [0.2, 0.25) is 5.91 Å². The Kier molecular flexibility index (Phi) is 6.58. The molecule has 0 saturated carbocycles. The first-order chi connectivity index (χ1) is 13.7. The van der Waals surface area contributed by atoms with Crippen molar-refractivity contribution in [3.63, 3.8) is 0 Å². The average Bonchev–Trinajstić information content (AvgIpc) is 3.20. The average molecular weight is 381 g/mol. The maximum absolute atomic E-state index is 12.8. The molecule has 2 aromatic carbocycles. The molecule has 5 nitrogen and oxygen atoms in total. The molecule has 0 aliphatic carbocycles. The number of carbonyl (C=O) groups is 1. The van der Waals surface area contributed by atoms with Crippen LogP contribution in [0.25, 0.3) is 6.08 Å². The third-order valence-corrected chi connectivity index (χ3v) is 5.12. The normalized spacial score (nSPS) is 16.4. The number of methoxy groups -OCH3 is 3. The molecule has 148 valence electrons. The summed E-state index contributed by atoms with van der Waals surface area (Å²) in [6.45, 7) is 0.795. The van der Waals surface area contributed by atoms with Crippen molar-refractivity contribution < 1.29 is 19.0 Å². The molecule has 1 fully saturated rings. The van der Waals surface area contributed by atoms with Gasteiger partial charge in [-0.3, -0.25) is 4.79 Å². The van der Waals surface area contributed by atoms with Crippen LogP contribution in [0.4, 0.5) is 0 Å². The van der Waals surface area contributed by atoms with Crippen LogP contribution in [0.2, 0.25) is 0 Å². The standard InChI is InChI=1S/C23H27NO4/c1-26-20-16-22(28-3)21(27-2)15-18(20)11-12-23(25)24-13-7-10-19(24)14-17-8-5-4-6-9-17/h4-6,8-9,11-12,15-16,19H,7,10,13-14H2,1-3H3/b12-11+. The molecule has 0 N–H and O–H groups in total. The van der Waals surface area contributed by atoms with E-state index in [1.807, 2.05) is 29.2 Å². The predicted octanol–water partition coefficient (Wildman–Crippen LogP) is 3.96. The Morgan fingerprint density at radius 2 is 1.71 bits per heavy atom. The quantitative estimate of drug-likeness (QED) is 0.681. The molecule has 2 aromatic rings. The summed E-state index contributed by atoms with van der Waals surface area (Å²) in [4.78, 5) is 14.8. The van der Waals surface area contributed by atoms with Crippen molar-refractivity contribution >= 4 is 12.0 Å². The number of carbonyl (C=O) groups excluding carboxylic acids is 1. The fourth-order valence-electron chi connectivity index (χ4n) is 3.66. The number of nitrogens with zero attached hydrogens (tertiary/aromatic N) is 1. The molecule has 0 spiro atoms. The summed E-state index contributed by atoms with van der Waals surface area (Å²) in [6, 6.07) is 14.1. The second-order valence-corrected chi connectivity index (χ2v) is 6.80. The maximum atomic E-state index is 12.8. The van der Waals surface area contributed by atoms with Crippen LogP contribution in [-0.2, 0) is 11.2 Å². The van der Waals surface area contributed by atoms with E-state index >= 15 is 0 Å². The zero-order valence-corrected chi connectivity index (χ0v) is 16.7. The summed E-state index contributed by atoms with van der Waals surface area (Å²) in [7, 11) is 4.76. The zero-order valence-electron chi connectivity index (χ0n) is 16.7. The van der Waals surface area contributed by atoms with Crippen molar-refractivity contribution in [1.82, 2.24) is 4.90 Å². The Bertz CT molecular complexity index is 832. The molecule has 3 rings (SSSR count). The van der Waals surface area contributed by atoms with Gasteiger partial charge < -0.3 is 19.1 Å². The summed E-state index contributed by atoms with van der Waals surface area (Å²) in [6.07, 6.45) is 6.36. The topological polar surface area (TPSA) is 48.0 Å². The molecule has 1 aliphatic heterocycles. The maximum Gasteiger partial charge on any atom is 0.246 e. The highest BCUT2D eigenvalue weighted by Crippen LogP contribution is 2.35. The third kappa shape index (κ3) is 4.47. The second-order valence-electron chi connectivity index (χ2n) is 6.80. The lowest BCUT2D eigenvalue weighted by Crippen LogP contribution is -2.35. The van der Waals surface area contributed by atoms with E-state index in [-0.39, 0.29) is 11.9 Å². The SMILES string of the molecule is COc1cc(OC)c(OC)cc1/C=C/C(=O)N1CCCC1Cc1ccccc1. The van der Waals surface area contributed by atoms with Gasteiger partial charge >= 0.3 is 0 Å². The van der Waals surface area contributed by atoms with E-state index in [2.05, 4.69) is 12.1 Å². The monoisotopic (exact) mass is 381 g/mol. The minimum Gasteiger partial charge on any atom is -0.496 e. The first-order valence-corrected chi connectivity index (χ1v) is 9.49. The molecular weight excluding hydrogens is 354 g/mol. The molecule has 28 heavy (non-hydrogen) atoms. The molecule has 1 saturated heterocycles. The zero-order chi connectivity index (χ0) is 19.9. The molecule has 1 atom stereocenters. The number of ether oxygens (including phenoxy) is 3. The smallest absolute Gasteiger partial charge is 0.246 e. The van der Waals surface area contributed by atoms with Crippen LogP contribution in [0.1, 0.15) is 24.0 Å². The number of hydrogen-bond donors (Lipinski definition) is 0. The van der Waals surface area contributed by atoms with Gasteiger partial charge in [-0.05, 0) is 37.0 Å². The van der Waals surface area contributed by atoms with Crippen LogP contribution < -0.4 is 14.2 Å². The van der Waals surface area contributed by atoms with Crippen molar-refractivity contribution in [2.24, 2.45) is 0 Å². The number of rotatable bonds is 7. The summed E-state index contributed by atoms with van der Waals surface area (Å²) >= 11 is 0. The van der Waals surface area contributed by atoms with Gasteiger partial charge in [0.1, 0.15) is 5.75 Å². The van der Waals surface area contributed by atoms with E-state index in [9.17, 15) is 4.79 Å². The molecule has 0 aromatic heterocycles. The molecule has 1 heterocycles. The largest absolute Gasteiger partial charge is 0.496 e. The molecular formula is C23H27NO4. The van der Waals surface area contributed by atoms with Gasteiger partial charge in [0.25, 0.3) is 0 Å². The number of amides is 1. The van der Waals surface area contributed by atoms with Gasteiger partial charge in [-0.1, -0.05) is 30.3 Å². The Labute approximate surface area is 166 Å². The first kappa shape index (κ1) is 19.8. The summed E-state index contributed by atoms with van der Waals surface area (Å²) < 4.78 is 16.1. The highest BCUT2D eigenvalue weighted by atomic mass is 16.5. The van der Waals surface area contributed by atoms with Crippen molar-refractivity contribution in [2.45, 2.75) is 25.3 Å². The molecule has 0 radical (unpaired) electrons. The minimum absolute atomic E-state index is 0.0234. The first-order valence-electron chi connectivity index (χ1n) is 9.49. The molecule has 0 bridgehead atoms. The fourth-order valence-corrected chi connectivity index (χ4v) is 3.66. The summed E-state index contributed by atoms with van der Waals surface area (Å²) in [5.74, 6) is 1.84. The van der Waals surface area contributed by atoms with Crippen LogP contribution in [-0.4, -0.2) is 44.7 Å². The Morgan fingerprint density at radius 3 is 2.39 bits per heavy atom. The fraction of sp³-hybridized carbons (Fsp3) is 0.348. The van der Waals surface area contributed by atoms with Crippen molar-refractivity contribution in [3.8, 4) is 17.2 Å². The second kappa shape index (κ2) is 9.31. The van der Waals surface area contributed by atoms with Crippen LogP contribution >= 0.6 is 0 Å². The van der Waals surface area contributed by atoms with E-state index in [0.29, 0.717) is 17.2 Å². The molecule has 5 heteroatoms. The van der Waals surface area contributed by atoms with Gasteiger partial charge in [0.05, 0.1) is 21.3 Å². The molecule has 1 aliphatic rings. The lowest BCUT2D eigenvalue weighted by Gasteiger charge is -2.23. The van der Waals surface area contributed by atoms with E-state index in [4.69, 9.17) is 14.2 Å². The van der Waals surface area contributed by atoms with Crippen LogP contribution in [0.5, 0.6) is 17.2 Å². The van der Waals surface area contributed by atoms with Gasteiger partial charge in [-0.2, -0.15) is 0 Å². The Morgan fingerprint density at radius 1 is 1.04 bits per heavy atom. The summed E-state index contributed by atoms with van der Waals surface area (Å²) in [5, 5.41) is 0. The van der Waals surface area contributed by atoms with Crippen molar-refractivity contribution in [3.05, 3.63) is 59.7 Å². The highest BCUT2D eigenvalue weighted by molar-refractivity contribution is 5.92. The van der Waals surface area contributed by atoms with Crippen molar-refractivity contribution in [1.29, 1.82) is 0 Å². The van der Waals surface area contributed by atoms with Gasteiger partial charge in [-0.15, -0.1) is 0 Å². The van der Waals surface area contributed by atoms with Crippen LogP contribution in [0, 0.1) is 0 Å².